The Kier molecular flexibility index (Phi) is 4.21. The lowest BCUT2D eigenvalue weighted by Crippen LogP contribution is -2.34. The highest BCUT2D eigenvalue weighted by atomic mass is 14.5. The van der Waals surface area contributed by atoms with Crippen molar-refractivity contribution in [3.05, 3.63) is 0 Å². The zero-order valence-corrected chi connectivity index (χ0v) is 12.4. The van der Waals surface area contributed by atoms with Crippen molar-refractivity contribution < 1.29 is 0 Å². The molecule has 2 bridgehead atoms. The lowest BCUT2D eigenvalue weighted by atomic mass is 9.60. The Morgan fingerprint density at radius 3 is 2.18 bits per heavy atom. The summed E-state index contributed by atoms with van der Waals surface area (Å²) in [6.07, 6.45) is 16.6. The van der Waals surface area contributed by atoms with Gasteiger partial charge in [-0.2, -0.15) is 0 Å². The Morgan fingerprint density at radius 1 is 0.882 bits per heavy atom. The highest BCUT2D eigenvalue weighted by molar-refractivity contribution is 4.97. The first-order chi connectivity index (χ1) is 8.13. The molecule has 3 rings (SSSR count). The van der Waals surface area contributed by atoms with Crippen LogP contribution in [0.15, 0.2) is 0 Å². The van der Waals surface area contributed by atoms with E-state index in [1.165, 1.54) is 51.4 Å². The third kappa shape index (κ3) is 2.71. The summed E-state index contributed by atoms with van der Waals surface area (Å²) in [5.74, 6) is 0.911. The second kappa shape index (κ2) is 5.33. The van der Waals surface area contributed by atoms with Crippen molar-refractivity contribution in [1.82, 2.24) is 0 Å². The van der Waals surface area contributed by atoms with Gasteiger partial charge < -0.3 is 0 Å². The maximum atomic E-state index is 2.47. The second-order valence-electron chi connectivity index (χ2n) is 7.33. The molecule has 0 aromatic heterocycles. The Labute approximate surface area is 109 Å². The minimum Gasteiger partial charge on any atom is -0.0654 e. The molecule has 3 fully saturated rings. The van der Waals surface area contributed by atoms with E-state index in [1.807, 2.05) is 0 Å². The van der Waals surface area contributed by atoms with Crippen LogP contribution in [0, 0.1) is 16.7 Å². The van der Waals surface area contributed by atoms with Gasteiger partial charge in [0.2, 0.25) is 0 Å². The van der Waals surface area contributed by atoms with Gasteiger partial charge in [-0.25, -0.2) is 0 Å². The van der Waals surface area contributed by atoms with E-state index in [0.29, 0.717) is 0 Å². The van der Waals surface area contributed by atoms with Gasteiger partial charge in [0, 0.05) is 0 Å². The van der Waals surface area contributed by atoms with Crippen LogP contribution in [-0.4, -0.2) is 0 Å². The van der Waals surface area contributed by atoms with E-state index in [2.05, 4.69) is 20.8 Å². The molecule has 0 nitrogen and oxygen atoms in total. The number of hydrogen-bond donors (Lipinski definition) is 0. The molecule has 0 aromatic carbocycles. The summed E-state index contributed by atoms with van der Waals surface area (Å²) in [7, 11) is 0. The lowest BCUT2D eigenvalue weighted by molar-refractivity contribution is 0.0575. The van der Waals surface area contributed by atoms with Crippen LogP contribution in [0.25, 0.3) is 0 Å². The van der Waals surface area contributed by atoms with Gasteiger partial charge in [0.15, 0.2) is 0 Å². The summed E-state index contributed by atoms with van der Waals surface area (Å²) in [6, 6.07) is 0. The first-order valence-corrected chi connectivity index (χ1v) is 8.13. The summed E-state index contributed by atoms with van der Waals surface area (Å²) >= 11 is 0. The Balaban J connectivity index is 1.97. The molecule has 0 radical (unpaired) electrons. The third-order valence-corrected chi connectivity index (χ3v) is 6.22. The highest BCUT2D eigenvalue weighted by Crippen LogP contribution is 2.58. The molecule has 0 atom stereocenters. The number of rotatable bonds is 5. The fourth-order valence-corrected chi connectivity index (χ4v) is 4.58. The summed E-state index contributed by atoms with van der Waals surface area (Å²) in [4.78, 5) is 0. The largest absolute Gasteiger partial charge is 0.0654 e. The maximum Gasteiger partial charge on any atom is -0.0274 e. The van der Waals surface area contributed by atoms with Crippen LogP contribution in [-0.2, 0) is 0 Å². The van der Waals surface area contributed by atoms with Crippen LogP contribution in [0.1, 0.15) is 91.4 Å². The predicted octanol–water partition coefficient (Wildman–Crippen LogP) is 5.95. The minimum absolute atomic E-state index is 0.741. The van der Waals surface area contributed by atoms with Gasteiger partial charge in [0.1, 0.15) is 0 Å². The number of hydrogen-bond acceptors (Lipinski definition) is 0. The van der Waals surface area contributed by atoms with Crippen LogP contribution in [0.3, 0.4) is 0 Å². The normalized spacial score (nSPS) is 37.4. The van der Waals surface area contributed by atoms with Crippen LogP contribution in [0.5, 0.6) is 0 Å². The van der Waals surface area contributed by atoms with Crippen LogP contribution < -0.4 is 0 Å². The standard InChI is InChI=1S/C17H32/c1-4-5-6-8-16-9-7-10-17(13-11-16,14-12-16)15(2)3/h15H,4-14H2,1-3H3. The molecule has 0 aliphatic heterocycles. The average molecular weight is 236 g/mol. The van der Waals surface area contributed by atoms with Crippen molar-refractivity contribution in [2.24, 2.45) is 16.7 Å². The SMILES string of the molecule is CCCCCC12CCCC(C(C)C)(CC1)CC2. The summed E-state index contributed by atoms with van der Waals surface area (Å²) in [5.41, 5.74) is 1.52. The second-order valence-corrected chi connectivity index (χ2v) is 7.33. The van der Waals surface area contributed by atoms with Crippen molar-refractivity contribution in [3.8, 4) is 0 Å². The summed E-state index contributed by atoms with van der Waals surface area (Å²) in [5, 5.41) is 0. The fraction of sp³-hybridized carbons (Fsp3) is 1.00. The Bertz CT molecular complexity index is 230. The van der Waals surface area contributed by atoms with Crippen molar-refractivity contribution >= 4 is 0 Å². The van der Waals surface area contributed by atoms with Crippen molar-refractivity contribution in [2.45, 2.75) is 91.4 Å². The summed E-state index contributed by atoms with van der Waals surface area (Å²) in [6.45, 7) is 7.26. The van der Waals surface area contributed by atoms with E-state index in [9.17, 15) is 0 Å². The fourth-order valence-electron chi connectivity index (χ4n) is 4.58. The zero-order valence-electron chi connectivity index (χ0n) is 12.4. The smallest absolute Gasteiger partial charge is 0.0274 e. The van der Waals surface area contributed by atoms with Gasteiger partial charge in [-0.1, -0.05) is 46.5 Å². The molecule has 17 heavy (non-hydrogen) atoms. The van der Waals surface area contributed by atoms with Gasteiger partial charge in [0.25, 0.3) is 0 Å². The monoisotopic (exact) mass is 236 g/mol. The van der Waals surface area contributed by atoms with E-state index in [-0.39, 0.29) is 0 Å². The molecule has 0 heteroatoms. The van der Waals surface area contributed by atoms with Crippen LogP contribution in [0.4, 0.5) is 0 Å². The van der Waals surface area contributed by atoms with Crippen LogP contribution in [0.2, 0.25) is 0 Å². The predicted molar refractivity (Wildman–Crippen MR) is 76.2 cm³/mol. The van der Waals surface area contributed by atoms with Crippen molar-refractivity contribution in [2.75, 3.05) is 0 Å². The average Bonchev–Trinajstić information content (AvgIpc) is 2.61. The molecule has 0 saturated heterocycles. The van der Waals surface area contributed by atoms with Gasteiger partial charge in [-0.3, -0.25) is 0 Å². The van der Waals surface area contributed by atoms with Crippen molar-refractivity contribution in [1.29, 1.82) is 0 Å². The van der Waals surface area contributed by atoms with E-state index in [1.54, 1.807) is 19.3 Å². The quantitative estimate of drug-likeness (QED) is 0.517. The molecule has 3 aliphatic carbocycles. The van der Waals surface area contributed by atoms with E-state index in [0.717, 1.165) is 16.7 Å². The molecule has 0 spiro atoms. The number of fused-ring (bicyclic) bond motifs is 4. The molecule has 0 aromatic rings. The van der Waals surface area contributed by atoms with Crippen LogP contribution >= 0.6 is 0 Å². The molecule has 0 N–H and O–H groups in total. The lowest BCUT2D eigenvalue weighted by Gasteiger charge is -2.45. The molecule has 0 heterocycles. The molecule has 0 unspecified atom stereocenters. The first kappa shape index (κ1) is 13.4. The van der Waals surface area contributed by atoms with Gasteiger partial charge in [-0.15, -0.1) is 0 Å². The maximum absolute atomic E-state index is 2.47. The van der Waals surface area contributed by atoms with Crippen molar-refractivity contribution in [3.63, 3.8) is 0 Å². The minimum atomic E-state index is 0.741. The van der Waals surface area contributed by atoms with E-state index < -0.39 is 0 Å². The molecule has 3 aliphatic rings. The topological polar surface area (TPSA) is 0 Å². The number of unbranched alkanes of at least 4 members (excludes halogenated alkanes) is 2. The van der Waals surface area contributed by atoms with E-state index in [4.69, 9.17) is 0 Å². The van der Waals surface area contributed by atoms with Gasteiger partial charge in [0.05, 0.1) is 0 Å². The van der Waals surface area contributed by atoms with E-state index >= 15 is 0 Å². The molecule has 0 amide bonds. The Morgan fingerprint density at radius 2 is 1.59 bits per heavy atom. The third-order valence-electron chi connectivity index (χ3n) is 6.22. The molecular formula is C17H32. The first-order valence-electron chi connectivity index (χ1n) is 8.13. The zero-order chi connectivity index (χ0) is 12.4. The Hall–Kier alpha value is 0. The highest BCUT2D eigenvalue weighted by Gasteiger charge is 2.46. The summed E-state index contributed by atoms with van der Waals surface area (Å²) < 4.78 is 0. The van der Waals surface area contributed by atoms with Gasteiger partial charge in [-0.05, 0) is 61.7 Å². The molecular weight excluding hydrogens is 204 g/mol. The molecule has 3 saturated carbocycles. The van der Waals surface area contributed by atoms with Gasteiger partial charge >= 0.3 is 0 Å². The molecule has 100 valence electrons.